The average Bonchev–Trinajstić information content (AvgIpc) is 2.41. The number of hydrogen-bond acceptors (Lipinski definition) is 5. The topological polar surface area (TPSA) is 78.7 Å². The summed E-state index contributed by atoms with van der Waals surface area (Å²) in [5.41, 5.74) is 0.595. The van der Waals surface area contributed by atoms with Gasteiger partial charge in [0.15, 0.2) is 0 Å². The number of aliphatic carboxylic acids is 1. The van der Waals surface area contributed by atoms with Gasteiger partial charge in [-0.3, -0.25) is 4.79 Å². The first kappa shape index (κ1) is 14.3. The van der Waals surface area contributed by atoms with Gasteiger partial charge in [-0.1, -0.05) is 6.08 Å². The van der Waals surface area contributed by atoms with Gasteiger partial charge in [-0.2, -0.15) is 5.10 Å². The van der Waals surface area contributed by atoms with Crippen molar-refractivity contribution in [3.05, 3.63) is 34.8 Å². The number of piperazine rings is 1. The highest BCUT2D eigenvalue weighted by Gasteiger charge is 2.15. The summed E-state index contributed by atoms with van der Waals surface area (Å²) >= 11 is 0. The molecule has 20 heavy (non-hydrogen) atoms. The van der Waals surface area contributed by atoms with Crippen LogP contribution in [0.1, 0.15) is 0 Å². The summed E-state index contributed by atoms with van der Waals surface area (Å²) in [5, 5.41) is 12.6. The zero-order valence-corrected chi connectivity index (χ0v) is 11.4. The van der Waals surface area contributed by atoms with Crippen LogP contribution in [0.4, 0.5) is 5.69 Å². The van der Waals surface area contributed by atoms with Crippen LogP contribution in [0, 0.1) is 0 Å². The van der Waals surface area contributed by atoms with Gasteiger partial charge in [0.05, 0.1) is 18.4 Å². The quantitative estimate of drug-likeness (QED) is 0.758. The van der Waals surface area contributed by atoms with E-state index in [1.165, 1.54) is 10.8 Å². The summed E-state index contributed by atoms with van der Waals surface area (Å²) in [5.74, 6) is -1.04. The molecular weight excluding hydrogens is 260 g/mol. The highest BCUT2D eigenvalue weighted by Crippen LogP contribution is 2.11. The summed E-state index contributed by atoms with van der Waals surface area (Å²) in [6.45, 7) is 3.84. The Labute approximate surface area is 116 Å². The van der Waals surface area contributed by atoms with E-state index in [0.717, 1.165) is 37.9 Å². The lowest BCUT2D eigenvalue weighted by Gasteiger charge is -2.33. The van der Waals surface area contributed by atoms with E-state index >= 15 is 0 Å². The van der Waals surface area contributed by atoms with Gasteiger partial charge in [-0.05, 0) is 7.05 Å². The SMILES string of the molecule is CN1CCN(c2cnn(C/C=C/C(=O)O)c(=O)c2)CC1. The Kier molecular flexibility index (Phi) is 4.52. The van der Waals surface area contributed by atoms with Crippen LogP contribution in [-0.4, -0.2) is 59.0 Å². The van der Waals surface area contributed by atoms with Crippen LogP contribution in [0.5, 0.6) is 0 Å². The van der Waals surface area contributed by atoms with E-state index in [1.807, 2.05) is 0 Å². The fourth-order valence-electron chi connectivity index (χ4n) is 2.05. The molecule has 0 aromatic carbocycles. The number of carboxylic acids is 1. The molecule has 7 heteroatoms. The van der Waals surface area contributed by atoms with E-state index in [1.54, 1.807) is 12.3 Å². The minimum absolute atomic E-state index is 0.161. The van der Waals surface area contributed by atoms with Crippen LogP contribution in [0.3, 0.4) is 0 Å². The van der Waals surface area contributed by atoms with Crippen LogP contribution in [0.2, 0.25) is 0 Å². The van der Waals surface area contributed by atoms with Gasteiger partial charge in [-0.15, -0.1) is 0 Å². The molecule has 0 aliphatic carbocycles. The Morgan fingerprint density at radius 2 is 2.10 bits per heavy atom. The molecular formula is C13H18N4O3. The molecule has 0 bridgehead atoms. The smallest absolute Gasteiger partial charge is 0.328 e. The molecule has 1 aliphatic heterocycles. The van der Waals surface area contributed by atoms with Gasteiger partial charge in [-0.25, -0.2) is 9.48 Å². The highest BCUT2D eigenvalue weighted by atomic mass is 16.4. The molecule has 0 radical (unpaired) electrons. The molecule has 2 rings (SSSR count). The van der Waals surface area contributed by atoms with Gasteiger partial charge >= 0.3 is 5.97 Å². The van der Waals surface area contributed by atoms with E-state index in [4.69, 9.17) is 5.11 Å². The third-order valence-electron chi connectivity index (χ3n) is 3.26. The van der Waals surface area contributed by atoms with Crippen molar-refractivity contribution in [2.24, 2.45) is 0 Å². The number of allylic oxidation sites excluding steroid dienone is 1. The number of nitrogens with zero attached hydrogens (tertiary/aromatic N) is 4. The molecule has 1 fully saturated rings. The Balaban J connectivity index is 2.06. The third kappa shape index (κ3) is 3.67. The maximum atomic E-state index is 11.9. The van der Waals surface area contributed by atoms with Crippen LogP contribution in [-0.2, 0) is 11.3 Å². The summed E-state index contributed by atoms with van der Waals surface area (Å²) in [7, 11) is 2.07. The van der Waals surface area contributed by atoms with E-state index in [0.29, 0.717) is 0 Å². The molecule has 0 saturated carbocycles. The summed E-state index contributed by atoms with van der Waals surface area (Å²) in [6.07, 6.45) is 4.05. The molecule has 2 heterocycles. The van der Waals surface area contributed by atoms with Crippen molar-refractivity contribution >= 4 is 11.7 Å². The lowest BCUT2D eigenvalue weighted by Crippen LogP contribution is -2.45. The number of aromatic nitrogens is 2. The second-order valence-corrected chi connectivity index (χ2v) is 4.77. The number of carbonyl (C=O) groups is 1. The average molecular weight is 278 g/mol. The molecule has 0 amide bonds. The first-order valence-electron chi connectivity index (χ1n) is 6.46. The minimum Gasteiger partial charge on any atom is -0.478 e. The predicted molar refractivity (Wildman–Crippen MR) is 75.0 cm³/mol. The normalized spacial score (nSPS) is 16.8. The monoisotopic (exact) mass is 278 g/mol. The highest BCUT2D eigenvalue weighted by molar-refractivity contribution is 5.79. The molecule has 1 aromatic heterocycles. The molecule has 1 aromatic rings. The number of hydrogen-bond donors (Lipinski definition) is 1. The second kappa shape index (κ2) is 6.33. The molecule has 0 unspecified atom stereocenters. The summed E-state index contributed by atoms with van der Waals surface area (Å²) < 4.78 is 1.24. The van der Waals surface area contributed by atoms with E-state index in [-0.39, 0.29) is 12.1 Å². The van der Waals surface area contributed by atoms with Crippen molar-refractivity contribution in [2.75, 3.05) is 38.1 Å². The van der Waals surface area contributed by atoms with Crippen molar-refractivity contribution in [1.29, 1.82) is 0 Å². The van der Waals surface area contributed by atoms with Gasteiger partial charge in [0.1, 0.15) is 0 Å². The molecule has 1 aliphatic rings. The Hall–Kier alpha value is -2.15. The Morgan fingerprint density at radius 1 is 1.40 bits per heavy atom. The first-order chi connectivity index (χ1) is 9.56. The lowest BCUT2D eigenvalue weighted by atomic mass is 10.3. The fourth-order valence-corrected chi connectivity index (χ4v) is 2.05. The molecule has 108 valence electrons. The van der Waals surface area contributed by atoms with Crippen LogP contribution in [0.25, 0.3) is 0 Å². The van der Waals surface area contributed by atoms with Crippen LogP contribution < -0.4 is 10.5 Å². The van der Waals surface area contributed by atoms with Crippen molar-refractivity contribution in [3.63, 3.8) is 0 Å². The molecule has 1 saturated heterocycles. The minimum atomic E-state index is -1.04. The van der Waals surface area contributed by atoms with Crippen molar-refractivity contribution < 1.29 is 9.90 Å². The van der Waals surface area contributed by atoms with E-state index < -0.39 is 5.97 Å². The van der Waals surface area contributed by atoms with E-state index in [9.17, 15) is 9.59 Å². The van der Waals surface area contributed by atoms with Gasteiger partial charge < -0.3 is 14.9 Å². The zero-order valence-electron chi connectivity index (χ0n) is 11.4. The Bertz CT molecular complexity index is 559. The van der Waals surface area contributed by atoms with Gasteiger partial charge in [0.2, 0.25) is 0 Å². The number of anilines is 1. The second-order valence-electron chi connectivity index (χ2n) is 4.77. The maximum Gasteiger partial charge on any atom is 0.328 e. The number of rotatable bonds is 4. The predicted octanol–water partition coefficient (Wildman–Crippen LogP) is -0.364. The van der Waals surface area contributed by atoms with Crippen LogP contribution in [0.15, 0.2) is 29.2 Å². The zero-order chi connectivity index (χ0) is 14.5. The number of likely N-dealkylation sites (N-methyl/N-ethyl adjacent to an activating group) is 1. The van der Waals surface area contributed by atoms with Crippen molar-refractivity contribution in [3.8, 4) is 0 Å². The summed E-state index contributed by atoms with van der Waals surface area (Å²) in [4.78, 5) is 26.6. The fraction of sp³-hybridized carbons (Fsp3) is 0.462. The third-order valence-corrected chi connectivity index (χ3v) is 3.26. The largest absolute Gasteiger partial charge is 0.478 e. The maximum absolute atomic E-state index is 11.9. The van der Waals surface area contributed by atoms with Crippen LogP contribution >= 0.6 is 0 Å². The Morgan fingerprint density at radius 3 is 2.70 bits per heavy atom. The van der Waals surface area contributed by atoms with Gasteiger partial charge in [0, 0.05) is 38.3 Å². The molecule has 1 N–H and O–H groups in total. The summed E-state index contributed by atoms with van der Waals surface area (Å²) in [6, 6.07) is 1.55. The molecule has 7 nitrogen and oxygen atoms in total. The van der Waals surface area contributed by atoms with Crippen molar-refractivity contribution in [2.45, 2.75) is 6.54 Å². The van der Waals surface area contributed by atoms with E-state index in [2.05, 4.69) is 21.9 Å². The number of carboxylic acid groups (broad SMARTS) is 1. The lowest BCUT2D eigenvalue weighted by molar-refractivity contribution is -0.131. The van der Waals surface area contributed by atoms with Gasteiger partial charge in [0.25, 0.3) is 5.56 Å². The van der Waals surface area contributed by atoms with Crippen molar-refractivity contribution in [1.82, 2.24) is 14.7 Å². The standard InChI is InChI=1S/C13H18N4O3/c1-15-5-7-16(8-6-15)11-9-12(18)17(14-10-11)4-2-3-13(19)20/h2-3,9-10H,4-8H2,1H3,(H,19,20)/b3-2+. The first-order valence-corrected chi connectivity index (χ1v) is 6.46. The molecule has 0 spiro atoms. The molecule has 0 atom stereocenters.